The normalized spacial score (nSPS) is 43.9. The van der Waals surface area contributed by atoms with E-state index >= 15 is 0 Å². The molecule has 66 valence electrons. The van der Waals surface area contributed by atoms with Crippen molar-refractivity contribution in [3.05, 3.63) is 0 Å². The van der Waals surface area contributed by atoms with Crippen molar-refractivity contribution in [1.29, 1.82) is 0 Å². The number of hydrogen-bond acceptors (Lipinski definition) is 4. The van der Waals surface area contributed by atoms with Gasteiger partial charge in [-0.3, -0.25) is 0 Å². The van der Waals surface area contributed by atoms with Crippen LogP contribution in [0.5, 0.6) is 0 Å². The van der Waals surface area contributed by atoms with Crippen LogP contribution in [-0.4, -0.2) is 17.2 Å². The Morgan fingerprint density at radius 2 is 1.82 bits per heavy atom. The quantitative estimate of drug-likeness (QED) is 0.333. The Kier molecular flexibility index (Phi) is 1.96. The van der Waals surface area contributed by atoms with E-state index in [2.05, 4.69) is 0 Å². The third-order valence-electron chi connectivity index (χ3n) is 2.81. The standard InChI is InChI=1S/C7H18N4/c1-6(9)4-2-3-5(8)7(6,10)11/h5H,2-4,8-11H2,1H3. The molecule has 4 heteroatoms. The molecular formula is C7H18N4. The molecule has 0 saturated heterocycles. The van der Waals surface area contributed by atoms with Crippen LogP contribution in [0.4, 0.5) is 0 Å². The first-order chi connectivity index (χ1) is 4.88. The predicted molar refractivity (Wildman–Crippen MR) is 45.5 cm³/mol. The summed E-state index contributed by atoms with van der Waals surface area (Å²) in [5.41, 5.74) is 21.9. The van der Waals surface area contributed by atoms with Crippen molar-refractivity contribution in [2.24, 2.45) is 22.9 Å². The van der Waals surface area contributed by atoms with Gasteiger partial charge in [0.1, 0.15) is 0 Å². The fraction of sp³-hybridized carbons (Fsp3) is 1.00. The Bertz CT molecular complexity index is 153. The van der Waals surface area contributed by atoms with Crippen LogP contribution >= 0.6 is 0 Å². The van der Waals surface area contributed by atoms with E-state index in [0.29, 0.717) is 0 Å². The van der Waals surface area contributed by atoms with Gasteiger partial charge in [0.05, 0.1) is 5.66 Å². The highest BCUT2D eigenvalue weighted by Crippen LogP contribution is 2.28. The lowest BCUT2D eigenvalue weighted by Gasteiger charge is -2.48. The van der Waals surface area contributed by atoms with Crippen molar-refractivity contribution < 1.29 is 0 Å². The summed E-state index contributed by atoms with van der Waals surface area (Å²) in [6, 6.07) is -0.175. The molecule has 0 heterocycles. The van der Waals surface area contributed by atoms with Gasteiger partial charge >= 0.3 is 0 Å². The van der Waals surface area contributed by atoms with Crippen LogP contribution in [0.3, 0.4) is 0 Å². The van der Waals surface area contributed by atoms with Crippen LogP contribution in [0.25, 0.3) is 0 Å². The van der Waals surface area contributed by atoms with Crippen molar-refractivity contribution in [3.8, 4) is 0 Å². The van der Waals surface area contributed by atoms with E-state index in [-0.39, 0.29) is 6.04 Å². The van der Waals surface area contributed by atoms with Gasteiger partial charge in [-0.2, -0.15) is 0 Å². The summed E-state index contributed by atoms with van der Waals surface area (Å²) in [6.07, 6.45) is 2.75. The Morgan fingerprint density at radius 1 is 1.27 bits per heavy atom. The third kappa shape index (κ3) is 1.27. The monoisotopic (exact) mass is 158 g/mol. The summed E-state index contributed by atoms with van der Waals surface area (Å²) in [7, 11) is 0. The number of nitrogens with two attached hydrogens (primary N) is 4. The van der Waals surface area contributed by atoms with Crippen LogP contribution in [-0.2, 0) is 0 Å². The van der Waals surface area contributed by atoms with Crippen LogP contribution in [0.1, 0.15) is 26.2 Å². The number of rotatable bonds is 0. The smallest absolute Gasteiger partial charge is 0.0974 e. The minimum Gasteiger partial charge on any atom is -0.325 e. The maximum atomic E-state index is 5.92. The van der Waals surface area contributed by atoms with Crippen molar-refractivity contribution >= 4 is 0 Å². The van der Waals surface area contributed by atoms with E-state index < -0.39 is 11.2 Å². The molecule has 1 fully saturated rings. The Morgan fingerprint density at radius 3 is 2.18 bits per heavy atom. The highest BCUT2D eigenvalue weighted by atomic mass is 15.1. The molecule has 0 aliphatic heterocycles. The summed E-state index contributed by atoms with van der Waals surface area (Å²) in [5.74, 6) is 0. The maximum absolute atomic E-state index is 5.92. The van der Waals surface area contributed by atoms with Gasteiger partial charge in [0.15, 0.2) is 0 Å². The maximum Gasteiger partial charge on any atom is 0.0974 e. The molecule has 1 rings (SSSR count). The highest BCUT2D eigenvalue weighted by Gasteiger charge is 2.46. The molecule has 0 radical (unpaired) electrons. The lowest BCUT2D eigenvalue weighted by atomic mass is 9.72. The van der Waals surface area contributed by atoms with Crippen LogP contribution < -0.4 is 22.9 Å². The van der Waals surface area contributed by atoms with Gasteiger partial charge in [0, 0.05) is 11.6 Å². The molecule has 1 saturated carbocycles. The van der Waals surface area contributed by atoms with Crippen molar-refractivity contribution in [3.63, 3.8) is 0 Å². The SMILES string of the molecule is CC1(N)CCCC(N)C1(N)N. The topological polar surface area (TPSA) is 104 Å². The fourth-order valence-electron chi connectivity index (χ4n) is 1.57. The zero-order chi connectivity index (χ0) is 8.70. The second kappa shape index (κ2) is 2.42. The molecule has 0 bridgehead atoms. The third-order valence-corrected chi connectivity index (χ3v) is 2.81. The van der Waals surface area contributed by atoms with E-state index in [1.807, 2.05) is 6.92 Å². The summed E-state index contributed by atoms with van der Waals surface area (Å²) < 4.78 is 0. The zero-order valence-electron chi connectivity index (χ0n) is 7.01. The van der Waals surface area contributed by atoms with Gasteiger partial charge in [-0.05, 0) is 26.2 Å². The van der Waals surface area contributed by atoms with E-state index in [4.69, 9.17) is 22.9 Å². The summed E-state index contributed by atoms with van der Waals surface area (Å²) in [4.78, 5) is 0. The molecule has 0 aromatic rings. The van der Waals surface area contributed by atoms with Gasteiger partial charge in [-0.1, -0.05) is 0 Å². The summed E-state index contributed by atoms with van der Waals surface area (Å²) >= 11 is 0. The van der Waals surface area contributed by atoms with E-state index in [1.165, 1.54) is 0 Å². The van der Waals surface area contributed by atoms with Crippen molar-refractivity contribution in [2.75, 3.05) is 0 Å². The molecule has 1 aliphatic rings. The molecular weight excluding hydrogens is 140 g/mol. The molecule has 0 aromatic heterocycles. The highest BCUT2D eigenvalue weighted by molar-refractivity contribution is 5.09. The van der Waals surface area contributed by atoms with Gasteiger partial charge in [0.2, 0.25) is 0 Å². The molecule has 8 N–H and O–H groups in total. The first-order valence-electron chi connectivity index (χ1n) is 4.00. The molecule has 2 atom stereocenters. The fourth-order valence-corrected chi connectivity index (χ4v) is 1.57. The van der Waals surface area contributed by atoms with E-state index in [9.17, 15) is 0 Å². The van der Waals surface area contributed by atoms with Gasteiger partial charge in [-0.15, -0.1) is 0 Å². The lowest BCUT2D eigenvalue weighted by Crippen LogP contribution is -2.78. The van der Waals surface area contributed by atoms with Gasteiger partial charge in [-0.25, -0.2) is 0 Å². The number of hydrogen-bond donors (Lipinski definition) is 4. The second-order valence-corrected chi connectivity index (χ2v) is 3.85. The zero-order valence-corrected chi connectivity index (χ0v) is 7.01. The minimum absolute atomic E-state index is 0.175. The van der Waals surface area contributed by atoms with Crippen LogP contribution in [0, 0.1) is 0 Å². The summed E-state index contributed by atoms with van der Waals surface area (Å²) in [5, 5.41) is 0. The second-order valence-electron chi connectivity index (χ2n) is 3.85. The van der Waals surface area contributed by atoms with Gasteiger partial charge < -0.3 is 22.9 Å². The van der Waals surface area contributed by atoms with E-state index in [0.717, 1.165) is 19.3 Å². The summed E-state index contributed by atoms with van der Waals surface area (Å²) in [6.45, 7) is 1.87. The average Bonchev–Trinajstić information content (AvgIpc) is 1.84. The van der Waals surface area contributed by atoms with Crippen molar-refractivity contribution in [2.45, 2.75) is 43.4 Å². The van der Waals surface area contributed by atoms with Crippen LogP contribution in [0.2, 0.25) is 0 Å². The molecule has 2 unspecified atom stereocenters. The van der Waals surface area contributed by atoms with Gasteiger partial charge in [0.25, 0.3) is 0 Å². The van der Waals surface area contributed by atoms with Crippen LogP contribution in [0.15, 0.2) is 0 Å². The van der Waals surface area contributed by atoms with Crippen molar-refractivity contribution in [1.82, 2.24) is 0 Å². The molecule has 0 spiro atoms. The molecule has 4 nitrogen and oxygen atoms in total. The first kappa shape index (κ1) is 8.93. The molecule has 1 aliphatic carbocycles. The first-order valence-corrected chi connectivity index (χ1v) is 4.00. The Hall–Kier alpha value is -0.160. The Labute approximate surface area is 67.3 Å². The predicted octanol–water partition coefficient (Wildman–Crippen LogP) is -1.17. The Balaban J connectivity index is 2.82. The molecule has 11 heavy (non-hydrogen) atoms. The van der Waals surface area contributed by atoms with E-state index in [1.54, 1.807) is 0 Å². The lowest BCUT2D eigenvalue weighted by molar-refractivity contribution is 0.143. The molecule has 0 amide bonds. The minimum atomic E-state index is -0.911. The largest absolute Gasteiger partial charge is 0.325 e. The average molecular weight is 158 g/mol. The molecule has 0 aromatic carbocycles.